The molecule has 1 atom stereocenters. The molecule has 0 aromatic rings. The van der Waals surface area contributed by atoms with Gasteiger partial charge in [0, 0.05) is 12.0 Å². The molecule has 3 nitrogen and oxygen atoms in total. The van der Waals surface area contributed by atoms with Crippen molar-refractivity contribution < 1.29 is 14.3 Å². The monoisotopic (exact) mass is 212 g/mol. The highest BCUT2D eigenvalue weighted by Gasteiger charge is 2.27. The maximum absolute atomic E-state index is 11.2. The Kier molecular flexibility index (Phi) is 4.72. The molecule has 0 bridgehead atoms. The predicted molar refractivity (Wildman–Crippen MR) is 62.7 cm³/mol. The van der Waals surface area contributed by atoms with E-state index in [2.05, 4.69) is 0 Å². The number of ketones is 2. The minimum absolute atomic E-state index is 0.00290. The summed E-state index contributed by atoms with van der Waals surface area (Å²) >= 11 is 0. The number of ether oxygens (including phenoxy) is 1. The Morgan fingerprint density at radius 1 is 1.13 bits per heavy atom. The molecule has 0 fully saturated rings. The smallest absolute Gasteiger partial charge is 0.152 e. The lowest BCUT2D eigenvalue weighted by Gasteiger charge is -2.26. The molecule has 4 heteroatoms. The number of carbonyl (C=O) groups is 2. The first kappa shape index (κ1) is 14.4. The molecule has 0 aliphatic rings. The van der Waals surface area contributed by atoms with Crippen molar-refractivity contribution in [1.29, 1.82) is 0 Å². The highest BCUT2D eigenvalue weighted by molar-refractivity contribution is 6.27. The predicted octanol–water partition coefficient (Wildman–Crippen LogP) is 0.947. The Balaban J connectivity index is 4.11. The van der Waals surface area contributed by atoms with Crippen molar-refractivity contribution >= 4 is 19.4 Å². The first-order valence-corrected chi connectivity index (χ1v) is 5.25. The van der Waals surface area contributed by atoms with Crippen molar-refractivity contribution in [3.05, 3.63) is 0 Å². The zero-order chi connectivity index (χ0) is 12.3. The quantitative estimate of drug-likeness (QED) is 0.615. The summed E-state index contributed by atoms with van der Waals surface area (Å²) in [4.78, 5) is 22.4. The second kappa shape index (κ2) is 4.93. The van der Waals surface area contributed by atoms with Crippen LogP contribution in [0, 0.1) is 5.41 Å². The molecule has 0 aromatic carbocycles. The van der Waals surface area contributed by atoms with Gasteiger partial charge >= 0.3 is 0 Å². The molecule has 0 rings (SSSR count). The Bertz CT molecular complexity index is 231. The number of hydrogen-bond donors (Lipinski definition) is 0. The van der Waals surface area contributed by atoms with Gasteiger partial charge in [0.15, 0.2) is 13.6 Å². The van der Waals surface area contributed by atoms with E-state index in [-0.39, 0.29) is 17.0 Å². The van der Waals surface area contributed by atoms with E-state index < -0.39 is 5.50 Å². The third-order valence-corrected chi connectivity index (χ3v) is 2.99. The highest BCUT2D eigenvalue weighted by atomic mass is 16.5. The summed E-state index contributed by atoms with van der Waals surface area (Å²) in [5, 5.41) is 0. The van der Waals surface area contributed by atoms with Gasteiger partial charge in [-0.2, -0.15) is 0 Å². The van der Waals surface area contributed by atoms with Crippen molar-refractivity contribution in [3.63, 3.8) is 0 Å². The van der Waals surface area contributed by atoms with Crippen LogP contribution in [0.4, 0.5) is 0 Å². The van der Waals surface area contributed by atoms with E-state index in [1.807, 2.05) is 13.8 Å². The first-order chi connectivity index (χ1) is 6.59. The summed E-state index contributed by atoms with van der Waals surface area (Å²) in [6.07, 6.45) is 0.638. The van der Waals surface area contributed by atoms with Gasteiger partial charge in [-0.15, -0.1) is 0 Å². The molecule has 0 aliphatic heterocycles. The summed E-state index contributed by atoms with van der Waals surface area (Å²) < 4.78 is 5.48. The molecule has 1 unspecified atom stereocenters. The van der Waals surface area contributed by atoms with E-state index >= 15 is 0 Å². The Morgan fingerprint density at radius 3 is 1.93 bits per heavy atom. The van der Waals surface area contributed by atoms with Gasteiger partial charge in [-0.1, -0.05) is 13.8 Å². The van der Waals surface area contributed by atoms with Crippen molar-refractivity contribution in [2.24, 2.45) is 5.41 Å². The van der Waals surface area contributed by atoms with Gasteiger partial charge in [0.05, 0.1) is 5.50 Å². The van der Waals surface area contributed by atoms with Crippen LogP contribution >= 0.6 is 0 Å². The topological polar surface area (TPSA) is 43.4 Å². The molecule has 0 N–H and O–H groups in total. The Hall–Kier alpha value is -0.635. The van der Waals surface area contributed by atoms with Crippen LogP contribution in [-0.4, -0.2) is 31.5 Å². The molecule has 0 saturated carbocycles. The minimum atomic E-state index is -0.743. The van der Waals surface area contributed by atoms with E-state index in [1.165, 1.54) is 6.92 Å². The molecule has 15 heavy (non-hydrogen) atoms. The van der Waals surface area contributed by atoms with E-state index in [4.69, 9.17) is 4.74 Å². The maximum atomic E-state index is 11.2. The zero-order valence-corrected chi connectivity index (χ0v) is 10.6. The Morgan fingerprint density at radius 2 is 1.60 bits per heavy atom. The van der Waals surface area contributed by atoms with Crippen molar-refractivity contribution in [1.82, 2.24) is 0 Å². The van der Waals surface area contributed by atoms with E-state index in [0.29, 0.717) is 13.0 Å². The zero-order valence-electron chi connectivity index (χ0n) is 10.6. The normalized spacial score (nSPS) is 15.8. The summed E-state index contributed by atoms with van der Waals surface area (Å²) in [6, 6.07) is 0. The number of hydrogen-bond acceptors (Lipinski definition) is 3. The van der Waals surface area contributed by atoms with Crippen LogP contribution in [0.15, 0.2) is 0 Å². The fourth-order valence-corrected chi connectivity index (χ4v) is 0.839. The van der Waals surface area contributed by atoms with Crippen LogP contribution in [0.1, 0.15) is 41.0 Å². The van der Waals surface area contributed by atoms with E-state index in [9.17, 15) is 9.59 Å². The van der Waals surface area contributed by atoms with Crippen molar-refractivity contribution in [2.45, 2.75) is 46.5 Å². The molecule has 86 valence electrons. The third-order valence-electron chi connectivity index (χ3n) is 2.99. The van der Waals surface area contributed by atoms with E-state index in [0.717, 1.165) is 0 Å². The van der Waals surface area contributed by atoms with Gasteiger partial charge in [-0.05, 0) is 27.2 Å². The van der Waals surface area contributed by atoms with Gasteiger partial charge in [-0.3, -0.25) is 9.59 Å². The molecule has 0 saturated heterocycles. The molecule has 0 radical (unpaired) electrons. The van der Waals surface area contributed by atoms with Crippen LogP contribution in [0.2, 0.25) is 0 Å². The lowest BCUT2D eigenvalue weighted by atomic mass is 9.79. The third kappa shape index (κ3) is 4.60. The number of carbonyl (C=O) groups excluding carboxylic acids is 2. The van der Waals surface area contributed by atoms with Crippen LogP contribution in [-0.2, 0) is 14.3 Å². The average Bonchev–Trinajstić information content (AvgIpc) is 2.02. The fourth-order valence-electron chi connectivity index (χ4n) is 0.839. The maximum Gasteiger partial charge on any atom is 0.152 e. The largest absolute Gasteiger partial charge is 0.377 e. The summed E-state index contributed by atoms with van der Waals surface area (Å²) in [5.74, 6) is 0.148. The van der Waals surface area contributed by atoms with Gasteiger partial charge in [-0.25, -0.2) is 0 Å². The van der Waals surface area contributed by atoms with Crippen LogP contribution < -0.4 is 0 Å². The fraction of sp³-hybridized carbons (Fsp3) is 0.818. The van der Waals surface area contributed by atoms with Crippen molar-refractivity contribution in [2.75, 3.05) is 6.61 Å². The standard InChI is InChI=1S/C11H21BO3/c1-8(13)10(3,4)6-7-15-11(5,12)9(2)14/h6-7,12H2,1-5H3. The molecule has 0 aliphatic carbocycles. The van der Waals surface area contributed by atoms with Gasteiger partial charge in [0.1, 0.15) is 5.78 Å². The summed E-state index contributed by atoms with van der Waals surface area (Å²) in [7, 11) is 1.75. The minimum Gasteiger partial charge on any atom is -0.377 e. The number of Topliss-reactive ketones (excluding diaryl/α,β-unsaturated/α-hetero) is 2. The molecule has 0 amide bonds. The van der Waals surface area contributed by atoms with E-state index in [1.54, 1.807) is 21.7 Å². The molecule has 0 spiro atoms. The lowest BCUT2D eigenvalue weighted by molar-refractivity contribution is -0.132. The van der Waals surface area contributed by atoms with Gasteiger partial charge in [0.2, 0.25) is 0 Å². The summed E-state index contributed by atoms with van der Waals surface area (Å²) in [6.45, 7) is 9.04. The SMILES string of the molecule is BC(C)(OCCC(C)(C)C(C)=O)C(C)=O. The second-order valence-electron chi connectivity index (χ2n) is 5.11. The number of rotatable bonds is 6. The Labute approximate surface area is 93.0 Å². The van der Waals surface area contributed by atoms with Crippen LogP contribution in [0.25, 0.3) is 0 Å². The van der Waals surface area contributed by atoms with Gasteiger partial charge in [0.25, 0.3) is 0 Å². The van der Waals surface area contributed by atoms with Crippen LogP contribution in [0.3, 0.4) is 0 Å². The summed E-state index contributed by atoms with van der Waals surface area (Å²) in [5.41, 5.74) is -1.11. The molecule has 0 heterocycles. The molecular formula is C11H21BO3. The molecule has 0 aromatic heterocycles. The molecular weight excluding hydrogens is 191 g/mol. The second-order valence-corrected chi connectivity index (χ2v) is 5.11. The highest BCUT2D eigenvalue weighted by Crippen LogP contribution is 2.22. The first-order valence-electron chi connectivity index (χ1n) is 5.25. The van der Waals surface area contributed by atoms with Crippen molar-refractivity contribution in [3.8, 4) is 0 Å². The van der Waals surface area contributed by atoms with Gasteiger partial charge < -0.3 is 4.74 Å². The lowest BCUT2D eigenvalue weighted by Crippen LogP contribution is -2.38. The van der Waals surface area contributed by atoms with Crippen LogP contribution in [0.5, 0.6) is 0 Å². The average molecular weight is 212 g/mol.